The minimum atomic E-state index is -2.23. The van der Waals surface area contributed by atoms with E-state index in [-0.39, 0.29) is 12.3 Å². The van der Waals surface area contributed by atoms with Crippen molar-refractivity contribution in [3.05, 3.63) is 0 Å². The van der Waals surface area contributed by atoms with Crippen molar-refractivity contribution in [2.75, 3.05) is 39.1 Å². The molecule has 0 aromatic rings. The summed E-state index contributed by atoms with van der Waals surface area (Å²) < 4.78 is 20.6. The van der Waals surface area contributed by atoms with Crippen LogP contribution in [0.25, 0.3) is 0 Å². The van der Waals surface area contributed by atoms with E-state index in [0.29, 0.717) is 32.9 Å². The van der Waals surface area contributed by atoms with Crippen LogP contribution in [0.1, 0.15) is 32.1 Å². The molecule has 0 radical (unpaired) electrons. The zero-order chi connectivity index (χ0) is 13.9. The number of rotatable bonds is 8. The summed E-state index contributed by atoms with van der Waals surface area (Å²) in [6.07, 6.45) is 4.45. The Bertz CT molecular complexity index is 281. The SMILES string of the molecule is O=C(OCCCCCCC[P+](=O)[O-])N1CCOCC1. The van der Waals surface area contributed by atoms with Crippen molar-refractivity contribution in [3.63, 3.8) is 0 Å². The van der Waals surface area contributed by atoms with Crippen LogP contribution >= 0.6 is 8.03 Å². The summed E-state index contributed by atoms with van der Waals surface area (Å²) in [5.41, 5.74) is 0. The van der Waals surface area contributed by atoms with Gasteiger partial charge in [0.05, 0.1) is 19.8 Å². The number of hydrogen-bond donors (Lipinski definition) is 0. The summed E-state index contributed by atoms with van der Waals surface area (Å²) in [6.45, 7) is 2.80. The molecule has 1 heterocycles. The van der Waals surface area contributed by atoms with Crippen LogP contribution in [-0.2, 0) is 14.0 Å². The molecule has 0 aliphatic carbocycles. The van der Waals surface area contributed by atoms with E-state index in [1.54, 1.807) is 4.90 Å². The van der Waals surface area contributed by atoms with E-state index in [1.807, 2.05) is 0 Å². The lowest BCUT2D eigenvalue weighted by molar-refractivity contribution is -0.164. The first-order valence-electron chi connectivity index (χ1n) is 6.81. The number of carbonyl (C=O) groups excluding carboxylic acids is 1. The highest BCUT2D eigenvalue weighted by molar-refractivity contribution is 7.36. The second kappa shape index (κ2) is 10.1. The number of carbonyl (C=O) groups is 1. The standard InChI is InChI=1S/C12H22NO5P/c14-12(13-6-9-17-10-7-13)18-8-4-2-1-3-5-11-19(15)16/h1-11H2. The molecule has 1 amide bonds. The Morgan fingerprint density at radius 3 is 2.47 bits per heavy atom. The van der Waals surface area contributed by atoms with E-state index in [9.17, 15) is 14.3 Å². The molecule has 0 bridgehead atoms. The van der Waals surface area contributed by atoms with E-state index >= 15 is 0 Å². The lowest BCUT2D eigenvalue weighted by atomic mass is 10.2. The largest absolute Gasteiger partial charge is 0.596 e. The fourth-order valence-electron chi connectivity index (χ4n) is 1.87. The van der Waals surface area contributed by atoms with Crippen LogP contribution in [0.2, 0.25) is 0 Å². The van der Waals surface area contributed by atoms with E-state index < -0.39 is 8.03 Å². The molecule has 110 valence electrons. The number of amides is 1. The third-order valence-electron chi connectivity index (χ3n) is 2.98. The molecule has 1 unspecified atom stereocenters. The first kappa shape index (κ1) is 16.3. The smallest absolute Gasteiger partial charge is 0.409 e. The van der Waals surface area contributed by atoms with Crippen molar-refractivity contribution in [1.82, 2.24) is 4.90 Å². The molecule has 1 atom stereocenters. The highest BCUT2D eigenvalue weighted by Crippen LogP contribution is 2.12. The van der Waals surface area contributed by atoms with Crippen LogP contribution in [0.15, 0.2) is 0 Å². The maximum atomic E-state index is 11.6. The van der Waals surface area contributed by atoms with Gasteiger partial charge in [-0.2, -0.15) is 0 Å². The number of nitrogens with zero attached hydrogens (tertiary/aromatic N) is 1. The molecule has 1 fully saturated rings. The molecule has 0 spiro atoms. The lowest BCUT2D eigenvalue weighted by Gasteiger charge is -2.25. The second-order valence-corrected chi connectivity index (χ2v) is 5.65. The summed E-state index contributed by atoms with van der Waals surface area (Å²) in [5.74, 6) is 0. The van der Waals surface area contributed by atoms with Gasteiger partial charge in [0.15, 0.2) is 0 Å². The average Bonchev–Trinajstić information content (AvgIpc) is 2.42. The fourth-order valence-corrected chi connectivity index (χ4v) is 2.35. The summed E-state index contributed by atoms with van der Waals surface area (Å²) in [5, 5.41) is 0. The summed E-state index contributed by atoms with van der Waals surface area (Å²) in [7, 11) is -2.23. The predicted molar refractivity (Wildman–Crippen MR) is 69.3 cm³/mol. The molecule has 0 aromatic carbocycles. The van der Waals surface area contributed by atoms with Crippen molar-refractivity contribution >= 4 is 14.1 Å². The summed E-state index contributed by atoms with van der Waals surface area (Å²) >= 11 is 0. The monoisotopic (exact) mass is 291 g/mol. The molecule has 1 aliphatic heterocycles. The Labute approximate surface area is 114 Å². The highest BCUT2D eigenvalue weighted by atomic mass is 31.1. The molecule has 6 nitrogen and oxygen atoms in total. The Kier molecular flexibility index (Phi) is 8.71. The van der Waals surface area contributed by atoms with E-state index in [2.05, 4.69) is 0 Å². The van der Waals surface area contributed by atoms with E-state index in [4.69, 9.17) is 9.47 Å². The van der Waals surface area contributed by atoms with Crippen molar-refractivity contribution < 1.29 is 23.7 Å². The van der Waals surface area contributed by atoms with Crippen LogP contribution in [0, 0.1) is 0 Å². The molecule has 0 aromatic heterocycles. The molecule has 7 heteroatoms. The normalized spacial score (nSPS) is 16.3. The maximum Gasteiger partial charge on any atom is 0.409 e. The van der Waals surface area contributed by atoms with Crippen molar-refractivity contribution in [2.24, 2.45) is 0 Å². The van der Waals surface area contributed by atoms with E-state index in [1.165, 1.54) is 0 Å². The predicted octanol–water partition coefficient (Wildman–Crippen LogP) is 1.51. The first-order chi connectivity index (χ1) is 9.20. The molecule has 1 saturated heterocycles. The number of ether oxygens (including phenoxy) is 2. The second-order valence-electron chi connectivity index (χ2n) is 4.54. The molecule has 0 N–H and O–H groups in total. The minimum absolute atomic E-state index is 0.258. The van der Waals surface area contributed by atoms with Gasteiger partial charge in [-0.25, -0.2) is 4.79 Å². The molecule has 19 heavy (non-hydrogen) atoms. The molecule has 0 saturated carbocycles. The summed E-state index contributed by atoms with van der Waals surface area (Å²) in [6, 6.07) is 0. The quantitative estimate of drug-likeness (QED) is 0.500. The van der Waals surface area contributed by atoms with Crippen molar-refractivity contribution in [2.45, 2.75) is 32.1 Å². The van der Waals surface area contributed by atoms with Gasteiger partial charge in [-0.1, -0.05) is 17.4 Å². The van der Waals surface area contributed by atoms with Gasteiger partial charge in [-0.05, 0) is 19.3 Å². The Morgan fingerprint density at radius 1 is 1.16 bits per heavy atom. The zero-order valence-corrected chi connectivity index (χ0v) is 12.1. The van der Waals surface area contributed by atoms with Gasteiger partial charge < -0.3 is 19.3 Å². The zero-order valence-electron chi connectivity index (χ0n) is 11.2. The van der Waals surface area contributed by atoms with Crippen LogP contribution in [-0.4, -0.2) is 50.1 Å². The lowest BCUT2D eigenvalue weighted by Crippen LogP contribution is -2.41. The average molecular weight is 291 g/mol. The van der Waals surface area contributed by atoms with Gasteiger partial charge in [-0.15, -0.1) is 0 Å². The van der Waals surface area contributed by atoms with Gasteiger partial charge in [0, 0.05) is 13.1 Å². The third-order valence-corrected chi connectivity index (χ3v) is 3.66. The Morgan fingerprint density at radius 2 is 1.79 bits per heavy atom. The summed E-state index contributed by atoms with van der Waals surface area (Å²) in [4.78, 5) is 23.6. The van der Waals surface area contributed by atoms with Crippen molar-refractivity contribution in [3.8, 4) is 0 Å². The maximum absolute atomic E-state index is 11.6. The van der Waals surface area contributed by atoms with Gasteiger partial charge in [0.1, 0.15) is 6.16 Å². The number of hydrogen-bond acceptors (Lipinski definition) is 5. The fraction of sp³-hybridized carbons (Fsp3) is 0.917. The Hall–Kier alpha value is -0.710. The van der Waals surface area contributed by atoms with Gasteiger partial charge >= 0.3 is 14.1 Å². The molecule has 1 aliphatic rings. The van der Waals surface area contributed by atoms with E-state index in [0.717, 1.165) is 32.1 Å². The van der Waals surface area contributed by atoms with Gasteiger partial charge in [0.25, 0.3) is 0 Å². The van der Waals surface area contributed by atoms with Crippen LogP contribution in [0.4, 0.5) is 4.79 Å². The van der Waals surface area contributed by atoms with Crippen LogP contribution < -0.4 is 4.89 Å². The van der Waals surface area contributed by atoms with Gasteiger partial charge in [0.2, 0.25) is 0 Å². The van der Waals surface area contributed by atoms with Crippen LogP contribution in [0.5, 0.6) is 0 Å². The molecular weight excluding hydrogens is 269 g/mol. The third kappa shape index (κ3) is 8.14. The van der Waals surface area contributed by atoms with Gasteiger partial charge in [-0.3, -0.25) is 0 Å². The first-order valence-corrected chi connectivity index (χ1v) is 8.17. The van der Waals surface area contributed by atoms with Crippen LogP contribution in [0.3, 0.4) is 0 Å². The highest BCUT2D eigenvalue weighted by Gasteiger charge is 2.17. The minimum Gasteiger partial charge on any atom is -0.596 e. The molecular formula is C12H22NO5P. The topological polar surface area (TPSA) is 78.9 Å². The van der Waals surface area contributed by atoms with Crippen molar-refractivity contribution in [1.29, 1.82) is 0 Å². The Balaban J connectivity index is 1.89. The number of unbranched alkanes of at least 4 members (excludes halogenated alkanes) is 4. The number of morpholine rings is 1. The molecule has 1 rings (SSSR count).